The molecule has 0 saturated heterocycles. The van der Waals surface area contributed by atoms with Crippen LogP contribution in [0.5, 0.6) is 11.5 Å². The quantitative estimate of drug-likeness (QED) is 0.479. The summed E-state index contributed by atoms with van der Waals surface area (Å²) in [6.45, 7) is 0.547. The maximum Gasteiger partial charge on any atom is 0.128 e. The number of alkyl halides is 1. The van der Waals surface area contributed by atoms with Crippen LogP contribution in [-0.2, 0) is 0 Å². The van der Waals surface area contributed by atoms with Gasteiger partial charge in [0.25, 0.3) is 0 Å². The first-order valence-electron chi connectivity index (χ1n) is 7.29. The molecule has 2 aromatic heterocycles. The molecule has 0 atom stereocenters. The number of halogens is 1. The van der Waals surface area contributed by atoms with Crippen molar-refractivity contribution in [1.29, 1.82) is 0 Å². The Morgan fingerprint density at radius 2 is 1.52 bits per heavy atom. The molecule has 0 saturated carbocycles. The van der Waals surface area contributed by atoms with Crippen LogP contribution in [-0.4, -0.2) is 27.6 Å². The van der Waals surface area contributed by atoms with Crippen LogP contribution in [0, 0.1) is 0 Å². The van der Waals surface area contributed by atoms with E-state index in [0.29, 0.717) is 18.2 Å². The summed E-state index contributed by atoms with van der Waals surface area (Å²) in [7, 11) is 0. The Morgan fingerprint density at radius 1 is 0.870 bits per heavy atom. The fourth-order valence-corrected chi connectivity index (χ4v) is 2.48. The number of ether oxygens (including phenoxy) is 1. The van der Waals surface area contributed by atoms with Crippen LogP contribution < -0.4 is 4.74 Å². The fourth-order valence-electron chi connectivity index (χ4n) is 2.40. The van der Waals surface area contributed by atoms with Gasteiger partial charge in [-0.2, -0.15) is 0 Å². The lowest BCUT2D eigenvalue weighted by atomic mass is 10.2. The van der Waals surface area contributed by atoms with Gasteiger partial charge in [0.05, 0.1) is 5.88 Å². The fraction of sp³-hybridized carbons (Fsp3) is 0.111. The molecule has 4 rings (SSSR count). The summed E-state index contributed by atoms with van der Waals surface area (Å²) in [5.74, 6) is 1.74. The molecule has 0 bridgehead atoms. The van der Waals surface area contributed by atoms with E-state index in [1.807, 2.05) is 54.9 Å². The van der Waals surface area contributed by atoms with E-state index in [4.69, 9.17) is 16.3 Å². The van der Waals surface area contributed by atoms with E-state index in [1.54, 1.807) is 6.07 Å². The van der Waals surface area contributed by atoms with Crippen LogP contribution >= 0.6 is 11.6 Å². The van der Waals surface area contributed by atoms with Gasteiger partial charge in [-0.15, -0.1) is 11.6 Å². The van der Waals surface area contributed by atoms with Gasteiger partial charge in [0, 0.05) is 34.2 Å². The summed E-state index contributed by atoms with van der Waals surface area (Å²) in [6.07, 6.45) is 3.71. The number of phenolic OH excluding ortho intramolecular Hbond substituents is 1. The second kappa shape index (κ2) is 7.11. The Kier molecular flexibility index (Phi) is 4.74. The van der Waals surface area contributed by atoms with Crippen LogP contribution in [0.1, 0.15) is 0 Å². The average molecular weight is 329 g/mol. The number of hydrogen-bond donors (Lipinski definition) is 3. The summed E-state index contributed by atoms with van der Waals surface area (Å²) >= 11 is 5.54. The molecule has 4 aromatic rings. The minimum absolute atomic E-state index is 0.332. The third-order valence-electron chi connectivity index (χ3n) is 3.46. The molecule has 118 valence electrons. The van der Waals surface area contributed by atoms with E-state index >= 15 is 0 Å². The number of fused-ring (bicyclic) bond motifs is 2. The highest BCUT2D eigenvalue weighted by Crippen LogP contribution is 2.24. The third-order valence-corrected chi connectivity index (χ3v) is 3.62. The molecule has 0 fully saturated rings. The van der Waals surface area contributed by atoms with E-state index < -0.39 is 0 Å². The van der Waals surface area contributed by atoms with Gasteiger partial charge in [0.15, 0.2) is 0 Å². The van der Waals surface area contributed by atoms with Crippen molar-refractivity contribution in [2.75, 3.05) is 12.5 Å². The van der Waals surface area contributed by atoms with Crippen molar-refractivity contribution in [1.82, 2.24) is 9.97 Å². The van der Waals surface area contributed by atoms with Crippen molar-refractivity contribution in [2.24, 2.45) is 0 Å². The van der Waals surface area contributed by atoms with Crippen molar-refractivity contribution in [3.63, 3.8) is 0 Å². The SMILES string of the molecule is ClCCOc1cccc2[nH]ccc12.Oc1cccc2[nH]ccc12. The average Bonchev–Trinajstić information content (AvgIpc) is 3.23. The van der Waals surface area contributed by atoms with Crippen LogP contribution in [0.4, 0.5) is 0 Å². The predicted molar refractivity (Wildman–Crippen MR) is 94.5 cm³/mol. The lowest BCUT2D eigenvalue weighted by Gasteiger charge is -2.04. The molecule has 3 N–H and O–H groups in total. The van der Waals surface area contributed by atoms with E-state index in [1.165, 1.54) is 0 Å². The van der Waals surface area contributed by atoms with Crippen molar-refractivity contribution in [3.8, 4) is 11.5 Å². The molecule has 2 heterocycles. The highest BCUT2D eigenvalue weighted by atomic mass is 35.5. The third kappa shape index (κ3) is 3.43. The molecular weight excluding hydrogens is 312 g/mol. The Hall–Kier alpha value is -2.59. The molecule has 0 aliphatic carbocycles. The van der Waals surface area contributed by atoms with Gasteiger partial charge in [-0.25, -0.2) is 0 Å². The molecule has 0 amide bonds. The highest BCUT2D eigenvalue weighted by Gasteiger charge is 2.01. The number of phenols is 1. The van der Waals surface area contributed by atoms with E-state index in [-0.39, 0.29) is 0 Å². The number of aromatic nitrogens is 2. The number of aromatic amines is 2. The summed E-state index contributed by atoms with van der Waals surface area (Å²) in [5, 5.41) is 11.2. The number of aromatic hydroxyl groups is 1. The largest absolute Gasteiger partial charge is 0.507 e. The van der Waals surface area contributed by atoms with Crippen molar-refractivity contribution in [2.45, 2.75) is 0 Å². The Morgan fingerprint density at radius 3 is 2.22 bits per heavy atom. The molecule has 2 aromatic carbocycles. The topological polar surface area (TPSA) is 61.0 Å². The molecule has 4 nitrogen and oxygen atoms in total. The van der Waals surface area contributed by atoms with Gasteiger partial charge in [-0.3, -0.25) is 0 Å². The van der Waals surface area contributed by atoms with Gasteiger partial charge < -0.3 is 19.8 Å². The predicted octanol–water partition coefficient (Wildman–Crippen LogP) is 4.66. The minimum atomic E-state index is 0.332. The number of H-pyrrole nitrogens is 2. The Bertz CT molecular complexity index is 898. The zero-order valence-corrected chi connectivity index (χ0v) is 13.2. The van der Waals surface area contributed by atoms with Crippen LogP contribution in [0.2, 0.25) is 0 Å². The van der Waals surface area contributed by atoms with Crippen molar-refractivity contribution < 1.29 is 9.84 Å². The number of rotatable bonds is 3. The van der Waals surface area contributed by atoms with Gasteiger partial charge in [0.1, 0.15) is 18.1 Å². The first-order valence-corrected chi connectivity index (χ1v) is 7.83. The first-order chi connectivity index (χ1) is 11.3. The van der Waals surface area contributed by atoms with E-state index in [0.717, 1.165) is 27.6 Å². The monoisotopic (exact) mass is 328 g/mol. The van der Waals surface area contributed by atoms with Crippen molar-refractivity contribution >= 4 is 33.4 Å². The van der Waals surface area contributed by atoms with Crippen LogP contribution in [0.3, 0.4) is 0 Å². The molecule has 0 spiro atoms. The highest BCUT2D eigenvalue weighted by molar-refractivity contribution is 6.18. The number of nitrogens with one attached hydrogen (secondary N) is 2. The maximum atomic E-state index is 9.24. The molecule has 0 aliphatic rings. The van der Waals surface area contributed by atoms with Gasteiger partial charge in [0.2, 0.25) is 0 Å². The van der Waals surface area contributed by atoms with Crippen LogP contribution in [0.25, 0.3) is 21.8 Å². The first kappa shape index (κ1) is 15.3. The smallest absolute Gasteiger partial charge is 0.128 e. The lowest BCUT2D eigenvalue weighted by Crippen LogP contribution is -1.97. The molecule has 5 heteroatoms. The molecule has 0 radical (unpaired) electrons. The van der Waals surface area contributed by atoms with Crippen LogP contribution in [0.15, 0.2) is 60.9 Å². The summed E-state index contributed by atoms with van der Waals surface area (Å²) in [4.78, 5) is 6.12. The zero-order valence-electron chi connectivity index (χ0n) is 12.4. The summed E-state index contributed by atoms with van der Waals surface area (Å²) in [5.41, 5.74) is 2.06. The minimum Gasteiger partial charge on any atom is -0.507 e. The second-order valence-electron chi connectivity index (χ2n) is 4.95. The molecule has 0 unspecified atom stereocenters. The summed E-state index contributed by atoms with van der Waals surface area (Å²) in [6, 6.07) is 15.2. The van der Waals surface area contributed by atoms with E-state index in [2.05, 4.69) is 9.97 Å². The summed E-state index contributed by atoms with van der Waals surface area (Å²) < 4.78 is 5.47. The normalized spacial score (nSPS) is 10.5. The van der Waals surface area contributed by atoms with Gasteiger partial charge in [-0.05, 0) is 36.4 Å². The number of benzene rings is 2. The van der Waals surface area contributed by atoms with Gasteiger partial charge >= 0.3 is 0 Å². The zero-order chi connectivity index (χ0) is 16.1. The lowest BCUT2D eigenvalue weighted by molar-refractivity contribution is 0.347. The molecule has 0 aliphatic heterocycles. The van der Waals surface area contributed by atoms with Crippen molar-refractivity contribution in [3.05, 3.63) is 60.9 Å². The van der Waals surface area contributed by atoms with E-state index in [9.17, 15) is 5.11 Å². The second-order valence-corrected chi connectivity index (χ2v) is 5.33. The number of hydrogen-bond acceptors (Lipinski definition) is 2. The Balaban J connectivity index is 0.000000140. The Labute approximate surface area is 138 Å². The molecular formula is C18H17ClN2O2. The maximum absolute atomic E-state index is 9.24. The van der Waals surface area contributed by atoms with Gasteiger partial charge in [-0.1, -0.05) is 12.1 Å². The standard InChI is InChI=1S/C10H10ClNO.C8H7NO/c11-5-7-13-10-3-1-2-9-8(10)4-6-12-9;10-8-3-1-2-7-6(8)4-5-9-7/h1-4,6,12H,5,7H2;1-5,9-10H. The molecule has 23 heavy (non-hydrogen) atoms.